The average molecular weight is 474 g/mol. The largest absolute Gasteiger partial charge is 0.336 e. The third kappa shape index (κ3) is 5.09. The second-order valence-corrected chi connectivity index (χ2v) is 8.43. The lowest BCUT2D eigenvalue weighted by atomic mass is 10.1. The van der Waals surface area contributed by atoms with Crippen LogP contribution in [-0.4, -0.2) is 56.6 Å². The van der Waals surface area contributed by atoms with E-state index in [1.165, 1.54) is 17.1 Å². The Morgan fingerprint density at radius 3 is 2.25 bits per heavy atom. The lowest BCUT2D eigenvalue weighted by Crippen LogP contribution is -2.48. The zero-order valence-corrected chi connectivity index (χ0v) is 18.7. The number of piperazine rings is 1. The molecule has 1 aliphatic heterocycles. The number of carbonyl (C=O) groups excluding carboxylic acids is 1. The van der Waals surface area contributed by atoms with Crippen LogP contribution in [0.1, 0.15) is 21.5 Å². The quantitative estimate of drug-likeness (QED) is 0.397. The van der Waals surface area contributed by atoms with Crippen LogP contribution in [-0.2, 0) is 13.1 Å². The minimum atomic E-state index is -0.478. The molecule has 32 heavy (non-hydrogen) atoms. The van der Waals surface area contributed by atoms with Gasteiger partial charge in [-0.25, -0.2) is 0 Å². The van der Waals surface area contributed by atoms with Crippen LogP contribution in [0.15, 0.2) is 54.9 Å². The summed E-state index contributed by atoms with van der Waals surface area (Å²) in [4.78, 5) is 27.3. The molecule has 0 radical (unpaired) electrons. The molecule has 8 nitrogen and oxygen atoms in total. The Bertz CT molecular complexity index is 1100. The maximum Gasteiger partial charge on any atom is 0.307 e. The highest BCUT2D eigenvalue weighted by atomic mass is 35.5. The number of nitrogens with zero attached hydrogens (tertiary/aromatic N) is 5. The second kappa shape index (κ2) is 9.68. The molecule has 10 heteroatoms. The fraction of sp³-hybridized carbons (Fsp3) is 0.273. The van der Waals surface area contributed by atoms with Gasteiger partial charge in [0, 0.05) is 53.9 Å². The molecule has 0 saturated carbocycles. The van der Waals surface area contributed by atoms with Crippen molar-refractivity contribution in [3.8, 4) is 0 Å². The van der Waals surface area contributed by atoms with E-state index in [0.29, 0.717) is 41.8 Å². The van der Waals surface area contributed by atoms with Gasteiger partial charge in [0.1, 0.15) is 12.4 Å². The highest BCUT2D eigenvalue weighted by Crippen LogP contribution is 2.26. The van der Waals surface area contributed by atoms with Crippen LogP contribution in [0.2, 0.25) is 10.0 Å². The summed E-state index contributed by atoms with van der Waals surface area (Å²) in [6, 6.07) is 12.7. The topological polar surface area (TPSA) is 84.5 Å². The van der Waals surface area contributed by atoms with Gasteiger partial charge in [-0.05, 0) is 29.8 Å². The zero-order valence-electron chi connectivity index (χ0n) is 17.2. The van der Waals surface area contributed by atoms with Crippen LogP contribution in [0.25, 0.3) is 0 Å². The first kappa shape index (κ1) is 22.3. The third-order valence-corrected chi connectivity index (χ3v) is 6.19. The minimum absolute atomic E-state index is 0.0123. The number of hydrogen-bond donors (Lipinski definition) is 0. The normalized spacial score (nSPS) is 14.5. The van der Waals surface area contributed by atoms with Crippen molar-refractivity contribution in [2.75, 3.05) is 26.2 Å². The Labute approximate surface area is 195 Å². The third-order valence-electron chi connectivity index (χ3n) is 5.48. The van der Waals surface area contributed by atoms with Crippen molar-refractivity contribution in [2.45, 2.75) is 13.1 Å². The summed E-state index contributed by atoms with van der Waals surface area (Å²) < 4.78 is 1.50. The van der Waals surface area contributed by atoms with Crippen molar-refractivity contribution in [3.63, 3.8) is 0 Å². The highest BCUT2D eigenvalue weighted by molar-refractivity contribution is 6.35. The molecule has 0 spiro atoms. The van der Waals surface area contributed by atoms with E-state index in [1.807, 2.05) is 35.2 Å². The molecule has 2 heterocycles. The number of carbonyl (C=O) groups is 1. The molecule has 0 atom stereocenters. The number of benzene rings is 2. The molecule has 1 aliphatic rings. The number of halogens is 2. The van der Waals surface area contributed by atoms with Crippen molar-refractivity contribution in [1.29, 1.82) is 0 Å². The molecule has 2 aromatic carbocycles. The fourth-order valence-corrected chi connectivity index (χ4v) is 4.19. The fourth-order valence-electron chi connectivity index (χ4n) is 3.67. The van der Waals surface area contributed by atoms with Crippen molar-refractivity contribution in [3.05, 3.63) is 91.7 Å². The van der Waals surface area contributed by atoms with Gasteiger partial charge in [-0.3, -0.25) is 24.5 Å². The predicted molar refractivity (Wildman–Crippen MR) is 122 cm³/mol. The molecule has 1 fully saturated rings. The highest BCUT2D eigenvalue weighted by Gasteiger charge is 2.23. The number of amides is 1. The molecule has 4 rings (SSSR count). The Kier molecular flexibility index (Phi) is 6.74. The molecular formula is C22H21Cl2N5O3. The van der Waals surface area contributed by atoms with Crippen LogP contribution in [0.5, 0.6) is 0 Å². The van der Waals surface area contributed by atoms with Gasteiger partial charge < -0.3 is 4.90 Å². The Balaban J connectivity index is 1.32. The van der Waals surface area contributed by atoms with E-state index < -0.39 is 4.92 Å². The second-order valence-electron chi connectivity index (χ2n) is 7.62. The van der Waals surface area contributed by atoms with E-state index in [9.17, 15) is 14.9 Å². The first-order chi connectivity index (χ1) is 15.4. The van der Waals surface area contributed by atoms with Gasteiger partial charge >= 0.3 is 5.69 Å². The van der Waals surface area contributed by atoms with Crippen molar-refractivity contribution in [1.82, 2.24) is 19.6 Å². The van der Waals surface area contributed by atoms with Crippen LogP contribution in [0.3, 0.4) is 0 Å². The molecule has 1 saturated heterocycles. The van der Waals surface area contributed by atoms with E-state index in [4.69, 9.17) is 23.2 Å². The molecule has 0 bridgehead atoms. The molecule has 0 aliphatic carbocycles. The summed E-state index contributed by atoms with van der Waals surface area (Å²) in [5.41, 5.74) is 2.38. The smallest absolute Gasteiger partial charge is 0.307 e. The van der Waals surface area contributed by atoms with E-state index in [-0.39, 0.29) is 11.6 Å². The van der Waals surface area contributed by atoms with Crippen LogP contribution in [0.4, 0.5) is 5.69 Å². The standard InChI is InChI=1S/C22H21Cl2N5O3/c23-20-2-1-3-21(24)19(20)15-26-8-10-27(11-9-26)22(30)17-6-4-16(5-7-17)13-28-14-18(12-25-28)29(31)32/h1-7,12,14H,8-11,13,15H2. The van der Waals surface area contributed by atoms with Gasteiger partial charge in [-0.1, -0.05) is 41.4 Å². The summed E-state index contributed by atoms with van der Waals surface area (Å²) in [6.07, 6.45) is 2.60. The van der Waals surface area contributed by atoms with Gasteiger partial charge in [-0.15, -0.1) is 0 Å². The van der Waals surface area contributed by atoms with Crippen molar-refractivity contribution >= 4 is 34.8 Å². The van der Waals surface area contributed by atoms with E-state index >= 15 is 0 Å². The SMILES string of the molecule is O=C(c1ccc(Cn2cc([N+](=O)[O-])cn2)cc1)N1CCN(Cc2c(Cl)cccc2Cl)CC1. The molecule has 3 aromatic rings. The van der Waals surface area contributed by atoms with Gasteiger partial charge in [-0.2, -0.15) is 5.10 Å². The van der Waals surface area contributed by atoms with Crippen LogP contribution >= 0.6 is 23.2 Å². The van der Waals surface area contributed by atoms with E-state index in [0.717, 1.165) is 24.2 Å². The van der Waals surface area contributed by atoms with Crippen LogP contribution in [0, 0.1) is 10.1 Å². The summed E-state index contributed by atoms with van der Waals surface area (Å²) in [7, 11) is 0. The number of aromatic nitrogens is 2. The zero-order chi connectivity index (χ0) is 22.7. The molecule has 166 valence electrons. The molecule has 1 amide bonds. The Morgan fingerprint density at radius 1 is 1.00 bits per heavy atom. The van der Waals surface area contributed by atoms with Gasteiger partial charge in [0.25, 0.3) is 5.91 Å². The summed E-state index contributed by atoms with van der Waals surface area (Å²) in [5.74, 6) is -0.0123. The van der Waals surface area contributed by atoms with E-state index in [1.54, 1.807) is 12.1 Å². The molecule has 0 N–H and O–H groups in total. The monoisotopic (exact) mass is 473 g/mol. The number of nitro groups is 1. The molecular weight excluding hydrogens is 453 g/mol. The van der Waals surface area contributed by atoms with Crippen LogP contribution < -0.4 is 0 Å². The maximum atomic E-state index is 12.9. The first-order valence-corrected chi connectivity index (χ1v) is 10.9. The lowest BCUT2D eigenvalue weighted by Gasteiger charge is -2.35. The Hall–Kier alpha value is -2.94. The summed E-state index contributed by atoms with van der Waals surface area (Å²) in [5, 5.41) is 16.1. The lowest BCUT2D eigenvalue weighted by molar-refractivity contribution is -0.385. The van der Waals surface area contributed by atoms with Crippen molar-refractivity contribution < 1.29 is 9.72 Å². The summed E-state index contributed by atoms with van der Waals surface area (Å²) >= 11 is 12.6. The Morgan fingerprint density at radius 2 is 1.66 bits per heavy atom. The first-order valence-electron chi connectivity index (χ1n) is 10.1. The van der Waals surface area contributed by atoms with Gasteiger partial charge in [0.2, 0.25) is 0 Å². The summed E-state index contributed by atoms with van der Waals surface area (Å²) in [6.45, 7) is 3.78. The maximum absolute atomic E-state index is 12.9. The number of hydrogen-bond acceptors (Lipinski definition) is 5. The minimum Gasteiger partial charge on any atom is -0.336 e. The molecule has 1 aromatic heterocycles. The van der Waals surface area contributed by atoms with Gasteiger partial charge in [0.15, 0.2) is 0 Å². The van der Waals surface area contributed by atoms with E-state index in [2.05, 4.69) is 10.00 Å². The predicted octanol–water partition coefficient (Wildman–Crippen LogP) is 4.10. The van der Waals surface area contributed by atoms with Crippen molar-refractivity contribution in [2.24, 2.45) is 0 Å². The van der Waals surface area contributed by atoms with Gasteiger partial charge in [0.05, 0.1) is 11.5 Å². The molecule has 0 unspecified atom stereocenters. The average Bonchev–Trinajstić information content (AvgIpc) is 3.26. The number of rotatable bonds is 6.